The van der Waals surface area contributed by atoms with Gasteiger partial charge in [-0.2, -0.15) is 5.10 Å². The largest absolute Gasteiger partial charge is 0.369 e. The number of hydrogen-bond donors (Lipinski definition) is 3. The summed E-state index contributed by atoms with van der Waals surface area (Å²) in [6, 6.07) is 10.8. The number of carbonyl (C=O) groups is 2. The highest BCUT2D eigenvalue weighted by atomic mass is 16.2. The molecule has 0 spiro atoms. The van der Waals surface area contributed by atoms with Crippen LogP contribution < -0.4 is 16.0 Å². The SMILES string of the molecule is Cc1cc(NCCNC(=O)C(C)NC(=O)C=Cc2ccccc2)n(C)n1. The summed E-state index contributed by atoms with van der Waals surface area (Å²) in [4.78, 5) is 23.9. The highest BCUT2D eigenvalue weighted by Gasteiger charge is 2.13. The molecule has 0 fully saturated rings. The standard InChI is InChI=1S/C19H25N5O2/c1-14-13-17(24(3)23-14)20-11-12-21-19(26)15(2)22-18(25)10-9-16-7-5-4-6-8-16/h4-10,13,15,20H,11-12H2,1-3H3,(H,21,26)(H,22,25). The molecular formula is C19H25N5O2. The zero-order valence-corrected chi connectivity index (χ0v) is 15.3. The van der Waals surface area contributed by atoms with Gasteiger partial charge in [-0.15, -0.1) is 0 Å². The first-order chi connectivity index (χ1) is 12.5. The van der Waals surface area contributed by atoms with Gasteiger partial charge in [0.05, 0.1) is 5.69 Å². The second-order valence-electron chi connectivity index (χ2n) is 5.99. The van der Waals surface area contributed by atoms with Crippen molar-refractivity contribution in [2.24, 2.45) is 7.05 Å². The Morgan fingerprint density at radius 3 is 2.62 bits per heavy atom. The molecule has 2 amide bonds. The second kappa shape index (κ2) is 9.41. The van der Waals surface area contributed by atoms with E-state index in [1.807, 2.05) is 50.4 Å². The smallest absolute Gasteiger partial charge is 0.244 e. The van der Waals surface area contributed by atoms with Crippen molar-refractivity contribution < 1.29 is 9.59 Å². The van der Waals surface area contributed by atoms with Gasteiger partial charge in [0.15, 0.2) is 0 Å². The Balaban J connectivity index is 1.69. The molecule has 2 rings (SSSR count). The van der Waals surface area contributed by atoms with Gasteiger partial charge in [-0.05, 0) is 25.5 Å². The third-order valence-corrected chi connectivity index (χ3v) is 3.71. The van der Waals surface area contributed by atoms with E-state index in [4.69, 9.17) is 0 Å². The summed E-state index contributed by atoms with van der Waals surface area (Å²) >= 11 is 0. The fourth-order valence-corrected chi connectivity index (χ4v) is 2.37. The number of hydrogen-bond acceptors (Lipinski definition) is 4. The van der Waals surface area contributed by atoms with Crippen molar-refractivity contribution in [3.05, 3.63) is 53.7 Å². The van der Waals surface area contributed by atoms with E-state index < -0.39 is 6.04 Å². The molecule has 1 atom stereocenters. The second-order valence-corrected chi connectivity index (χ2v) is 5.99. The Kier molecular flexibility index (Phi) is 6.96. The van der Waals surface area contributed by atoms with Crippen LogP contribution in [0.2, 0.25) is 0 Å². The molecule has 2 aromatic rings. The van der Waals surface area contributed by atoms with Crippen LogP contribution in [0.5, 0.6) is 0 Å². The molecule has 1 unspecified atom stereocenters. The van der Waals surface area contributed by atoms with Crippen LogP contribution in [0.4, 0.5) is 5.82 Å². The van der Waals surface area contributed by atoms with Crippen LogP contribution in [-0.4, -0.2) is 40.7 Å². The lowest BCUT2D eigenvalue weighted by molar-refractivity contribution is -0.126. The molecule has 138 valence electrons. The molecule has 0 aliphatic heterocycles. The zero-order valence-electron chi connectivity index (χ0n) is 15.3. The Bertz CT molecular complexity index is 767. The molecule has 0 aliphatic rings. The zero-order chi connectivity index (χ0) is 18.9. The van der Waals surface area contributed by atoms with Crippen molar-refractivity contribution in [2.45, 2.75) is 19.9 Å². The van der Waals surface area contributed by atoms with Gasteiger partial charge in [-0.3, -0.25) is 14.3 Å². The van der Waals surface area contributed by atoms with E-state index in [-0.39, 0.29) is 11.8 Å². The molecule has 0 aliphatic carbocycles. The lowest BCUT2D eigenvalue weighted by Gasteiger charge is -2.13. The van der Waals surface area contributed by atoms with Crippen LogP contribution in [0.25, 0.3) is 6.08 Å². The molecule has 0 saturated carbocycles. The monoisotopic (exact) mass is 355 g/mol. The van der Waals surface area contributed by atoms with Gasteiger partial charge >= 0.3 is 0 Å². The first kappa shape index (κ1) is 19.2. The van der Waals surface area contributed by atoms with Crippen LogP contribution >= 0.6 is 0 Å². The van der Waals surface area contributed by atoms with Crippen molar-refractivity contribution in [2.75, 3.05) is 18.4 Å². The Labute approximate surface area is 153 Å². The van der Waals surface area contributed by atoms with E-state index in [1.54, 1.807) is 17.7 Å². The minimum atomic E-state index is -0.609. The summed E-state index contributed by atoms with van der Waals surface area (Å²) in [5.41, 5.74) is 1.86. The van der Waals surface area contributed by atoms with Gasteiger partial charge in [-0.1, -0.05) is 30.3 Å². The first-order valence-corrected chi connectivity index (χ1v) is 8.51. The van der Waals surface area contributed by atoms with Crippen molar-refractivity contribution in [1.29, 1.82) is 0 Å². The summed E-state index contributed by atoms with van der Waals surface area (Å²) in [5.74, 6) is 0.360. The van der Waals surface area contributed by atoms with E-state index in [2.05, 4.69) is 21.0 Å². The maximum absolute atomic E-state index is 12.0. The third-order valence-electron chi connectivity index (χ3n) is 3.71. The maximum Gasteiger partial charge on any atom is 0.244 e. The lowest BCUT2D eigenvalue weighted by atomic mass is 10.2. The van der Waals surface area contributed by atoms with E-state index in [9.17, 15) is 9.59 Å². The predicted octanol–water partition coefficient (Wildman–Crippen LogP) is 1.47. The van der Waals surface area contributed by atoms with Gasteiger partial charge in [-0.25, -0.2) is 0 Å². The van der Waals surface area contributed by atoms with Gasteiger partial charge in [0, 0.05) is 32.3 Å². The number of rotatable bonds is 8. The van der Waals surface area contributed by atoms with Crippen LogP contribution in [0.15, 0.2) is 42.5 Å². The van der Waals surface area contributed by atoms with Crippen LogP contribution in [-0.2, 0) is 16.6 Å². The van der Waals surface area contributed by atoms with Gasteiger partial charge in [0.1, 0.15) is 11.9 Å². The number of benzene rings is 1. The molecule has 0 saturated heterocycles. The van der Waals surface area contributed by atoms with Gasteiger partial charge in [0.25, 0.3) is 0 Å². The Morgan fingerprint density at radius 1 is 1.23 bits per heavy atom. The first-order valence-electron chi connectivity index (χ1n) is 8.51. The number of anilines is 1. The summed E-state index contributed by atoms with van der Waals surface area (Å²) < 4.78 is 1.75. The van der Waals surface area contributed by atoms with Crippen LogP contribution in [0.1, 0.15) is 18.2 Å². The molecule has 1 heterocycles. The fraction of sp³-hybridized carbons (Fsp3) is 0.316. The quantitative estimate of drug-likeness (QED) is 0.494. The molecule has 26 heavy (non-hydrogen) atoms. The highest BCUT2D eigenvalue weighted by Crippen LogP contribution is 2.06. The predicted molar refractivity (Wildman–Crippen MR) is 103 cm³/mol. The topological polar surface area (TPSA) is 88.0 Å². The van der Waals surface area contributed by atoms with Crippen LogP contribution in [0, 0.1) is 6.92 Å². The summed E-state index contributed by atoms with van der Waals surface area (Å²) in [7, 11) is 1.86. The maximum atomic E-state index is 12.0. The van der Waals surface area contributed by atoms with E-state index >= 15 is 0 Å². The summed E-state index contributed by atoms with van der Waals surface area (Å²) in [6.07, 6.45) is 3.13. The van der Waals surface area contributed by atoms with Crippen LogP contribution in [0.3, 0.4) is 0 Å². The van der Waals surface area contributed by atoms with E-state index in [0.717, 1.165) is 17.1 Å². The van der Waals surface area contributed by atoms with Crippen molar-refractivity contribution in [3.8, 4) is 0 Å². The summed E-state index contributed by atoms with van der Waals surface area (Å²) in [5, 5.41) is 12.9. The molecule has 0 radical (unpaired) electrons. The average Bonchev–Trinajstić information content (AvgIpc) is 2.95. The van der Waals surface area contributed by atoms with E-state index in [0.29, 0.717) is 13.1 Å². The molecule has 7 nitrogen and oxygen atoms in total. The van der Waals surface area contributed by atoms with Crippen molar-refractivity contribution in [1.82, 2.24) is 20.4 Å². The van der Waals surface area contributed by atoms with Crippen molar-refractivity contribution in [3.63, 3.8) is 0 Å². The van der Waals surface area contributed by atoms with Gasteiger partial charge in [0.2, 0.25) is 11.8 Å². The minimum absolute atomic E-state index is 0.227. The normalized spacial score (nSPS) is 12.0. The number of carbonyl (C=O) groups excluding carboxylic acids is 2. The molecule has 0 bridgehead atoms. The molecule has 3 N–H and O–H groups in total. The highest BCUT2D eigenvalue weighted by molar-refractivity contribution is 5.95. The summed E-state index contributed by atoms with van der Waals surface area (Å²) in [6.45, 7) is 4.59. The fourth-order valence-electron chi connectivity index (χ4n) is 2.37. The molecular weight excluding hydrogens is 330 g/mol. The Hall–Kier alpha value is -3.09. The number of amides is 2. The minimum Gasteiger partial charge on any atom is -0.369 e. The molecule has 1 aromatic carbocycles. The third kappa shape index (κ3) is 6.08. The number of aryl methyl sites for hydroxylation is 2. The molecule has 7 heteroatoms. The number of aromatic nitrogens is 2. The molecule has 1 aromatic heterocycles. The Morgan fingerprint density at radius 2 is 1.96 bits per heavy atom. The average molecular weight is 355 g/mol. The van der Waals surface area contributed by atoms with E-state index in [1.165, 1.54) is 6.08 Å². The number of nitrogens with one attached hydrogen (secondary N) is 3. The van der Waals surface area contributed by atoms with Crippen molar-refractivity contribution >= 4 is 23.7 Å². The number of nitrogens with zero attached hydrogens (tertiary/aromatic N) is 2. The lowest BCUT2D eigenvalue weighted by Crippen LogP contribution is -2.45. The van der Waals surface area contributed by atoms with Gasteiger partial charge < -0.3 is 16.0 Å².